The van der Waals surface area contributed by atoms with Crippen LogP contribution >= 0.6 is 22.9 Å². The van der Waals surface area contributed by atoms with Gasteiger partial charge in [0, 0.05) is 49.4 Å². The van der Waals surface area contributed by atoms with Gasteiger partial charge in [-0.15, -0.1) is 11.3 Å². The Morgan fingerprint density at radius 2 is 1.45 bits per heavy atom. The van der Waals surface area contributed by atoms with Gasteiger partial charge in [0.1, 0.15) is 5.69 Å². The molecule has 0 atom stereocenters. The van der Waals surface area contributed by atoms with Gasteiger partial charge in [-0.2, -0.15) is 4.37 Å². The van der Waals surface area contributed by atoms with E-state index in [1.54, 1.807) is 11.3 Å². The molecule has 3 aromatic carbocycles. The van der Waals surface area contributed by atoms with E-state index in [4.69, 9.17) is 8.90 Å². The van der Waals surface area contributed by atoms with Crippen LogP contribution in [0.3, 0.4) is 0 Å². The number of para-hydroxylation sites is 1. The minimum absolute atomic E-state index is 0.758. The molecule has 6 heteroatoms. The number of fused-ring (bicyclic) bond motifs is 3. The van der Waals surface area contributed by atoms with Crippen molar-refractivity contribution in [2.75, 3.05) is 0 Å². The number of rotatable bonds is 3. The summed E-state index contributed by atoms with van der Waals surface area (Å²) >= 11 is 3.28. The maximum absolute atomic E-state index is 5.66. The molecule has 0 radical (unpaired) electrons. The van der Waals surface area contributed by atoms with Crippen LogP contribution in [0.25, 0.3) is 64.1 Å². The third kappa shape index (κ3) is 2.92. The van der Waals surface area contributed by atoms with Crippen molar-refractivity contribution in [2.24, 2.45) is 0 Å². The summed E-state index contributed by atoms with van der Waals surface area (Å²) in [7, 11) is 0. The lowest BCUT2D eigenvalue weighted by Gasteiger charge is -2.11. The second-order valence-electron chi connectivity index (χ2n) is 7.81. The third-order valence-corrected chi connectivity index (χ3v) is 7.86. The Bertz CT molecular complexity index is 1760. The summed E-state index contributed by atoms with van der Waals surface area (Å²) < 4.78 is 13.0. The average molecular weight is 462 g/mol. The van der Waals surface area contributed by atoms with Gasteiger partial charge in [-0.05, 0) is 47.3 Å². The molecular weight excluding hydrogens is 446 g/mol. The zero-order valence-electron chi connectivity index (χ0n) is 17.2. The van der Waals surface area contributed by atoms with Gasteiger partial charge >= 0.3 is 0 Å². The Kier molecular flexibility index (Phi) is 4.15. The van der Waals surface area contributed by atoms with Crippen LogP contribution in [0, 0.1) is 0 Å². The van der Waals surface area contributed by atoms with E-state index in [2.05, 4.69) is 64.7 Å². The lowest BCUT2D eigenvalue weighted by Crippen LogP contribution is -1.92. The zero-order chi connectivity index (χ0) is 21.8. The molecule has 0 unspecified atom stereocenters. The van der Waals surface area contributed by atoms with E-state index in [9.17, 15) is 0 Å². The van der Waals surface area contributed by atoms with Crippen LogP contribution in [0.4, 0.5) is 0 Å². The summed E-state index contributed by atoms with van der Waals surface area (Å²) in [5.74, 6) is 0. The number of nitrogens with zero attached hydrogens (tertiary/aromatic N) is 3. The van der Waals surface area contributed by atoms with Crippen molar-refractivity contribution in [3.8, 4) is 33.0 Å². The highest BCUT2D eigenvalue weighted by Crippen LogP contribution is 2.46. The number of hydrogen-bond acceptors (Lipinski definition) is 6. The fraction of sp³-hybridized carbons (Fsp3) is 0. The van der Waals surface area contributed by atoms with Crippen molar-refractivity contribution >= 4 is 54.0 Å². The van der Waals surface area contributed by atoms with Crippen molar-refractivity contribution < 1.29 is 4.52 Å². The first-order valence-corrected chi connectivity index (χ1v) is 12.1. The molecule has 7 aromatic rings. The number of pyridine rings is 1. The van der Waals surface area contributed by atoms with E-state index in [-0.39, 0.29) is 0 Å². The summed E-state index contributed by atoms with van der Waals surface area (Å²) in [4.78, 5) is 5.80. The normalized spacial score (nSPS) is 11.6. The number of hydrogen-bond donors (Lipinski definition) is 0. The SMILES string of the molecule is c1ccc2sc(-c3cncc(-c4noc5ccccc45)c3-c3nsc4ccccc34)cc2c1. The van der Waals surface area contributed by atoms with E-state index in [0.29, 0.717) is 0 Å². The minimum atomic E-state index is 0.758. The van der Waals surface area contributed by atoms with Gasteiger partial charge < -0.3 is 4.52 Å². The molecule has 0 amide bonds. The van der Waals surface area contributed by atoms with Crippen LogP contribution < -0.4 is 0 Å². The summed E-state index contributed by atoms with van der Waals surface area (Å²) in [6.45, 7) is 0. The van der Waals surface area contributed by atoms with Crippen molar-refractivity contribution in [2.45, 2.75) is 0 Å². The molecule has 0 aliphatic rings. The maximum atomic E-state index is 5.66. The zero-order valence-corrected chi connectivity index (χ0v) is 18.9. The fourth-order valence-electron chi connectivity index (χ4n) is 4.34. The highest BCUT2D eigenvalue weighted by atomic mass is 32.1. The summed E-state index contributed by atoms with van der Waals surface area (Å²) in [6.07, 6.45) is 3.82. The average Bonchev–Trinajstić information content (AvgIpc) is 3.59. The van der Waals surface area contributed by atoms with Crippen LogP contribution in [-0.2, 0) is 0 Å². The lowest BCUT2D eigenvalue weighted by atomic mass is 9.95. The van der Waals surface area contributed by atoms with Gasteiger partial charge in [0.2, 0.25) is 0 Å². The number of thiophene rings is 1. The second kappa shape index (κ2) is 7.33. The summed E-state index contributed by atoms with van der Waals surface area (Å²) in [6, 6.07) is 27.0. The summed E-state index contributed by atoms with van der Waals surface area (Å²) in [5.41, 5.74) is 5.50. The fourth-order valence-corrected chi connectivity index (χ4v) is 6.20. The van der Waals surface area contributed by atoms with Crippen molar-refractivity contribution in [1.82, 2.24) is 14.5 Å². The molecule has 0 aliphatic carbocycles. The van der Waals surface area contributed by atoms with E-state index in [1.165, 1.54) is 21.6 Å². The Labute approximate surface area is 196 Å². The third-order valence-electron chi connectivity index (χ3n) is 5.88. The van der Waals surface area contributed by atoms with Gasteiger partial charge in [-0.3, -0.25) is 4.98 Å². The lowest BCUT2D eigenvalue weighted by molar-refractivity contribution is 0.459. The molecule has 0 aliphatic heterocycles. The van der Waals surface area contributed by atoms with Gasteiger partial charge in [0.25, 0.3) is 0 Å². The predicted molar refractivity (Wildman–Crippen MR) is 137 cm³/mol. The molecule has 0 N–H and O–H groups in total. The topological polar surface area (TPSA) is 51.8 Å². The maximum Gasteiger partial charge on any atom is 0.167 e. The van der Waals surface area contributed by atoms with Crippen molar-refractivity contribution in [3.05, 3.63) is 91.3 Å². The number of benzene rings is 3. The molecule has 33 heavy (non-hydrogen) atoms. The van der Waals surface area contributed by atoms with Crippen LogP contribution in [0.5, 0.6) is 0 Å². The number of aromatic nitrogens is 3. The molecule has 4 nitrogen and oxygen atoms in total. The van der Waals surface area contributed by atoms with Gasteiger partial charge in [-0.1, -0.05) is 53.7 Å². The molecule has 0 fully saturated rings. The molecular formula is C27H15N3OS2. The Hall–Kier alpha value is -3.87. The van der Waals surface area contributed by atoms with Crippen LogP contribution in [0.2, 0.25) is 0 Å². The van der Waals surface area contributed by atoms with Gasteiger partial charge in [-0.25, -0.2) is 0 Å². The van der Waals surface area contributed by atoms with E-state index < -0.39 is 0 Å². The Morgan fingerprint density at radius 1 is 0.697 bits per heavy atom. The first-order valence-electron chi connectivity index (χ1n) is 10.5. The first kappa shape index (κ1) is 18.7. The molecule has 4 aromatic heterocycles. The van der Waals surface area contributed by atoms with Crippen molar-refractivity contribution in [1.29, 1.82) is 0 Å². The molecule has 0 spiro atoms. The summed E-state index contributed by atoms with van der Waals surface area (Å²) in [5, 5.41) is 7.78. The second-order valence-corrected chi connectivity index (χ2v) is 9.70. The largest absolute Gasteiger partial charge is 0.356 e. The van der Waals surface area contributed by atoms with Crippen LogP contribution in [0.1, 0.15) is 0 Å². The van der Waals surface area contributed by atoms with Gasteiger partial charge in [0.05, 0.1) is 10.4 Å². The molecule has 0 bridgehead atoms. The van der Waals surface area contributed by atoms with Gasteiger partial charge in [0.15, 0.2) is 5.58 Å². The minimum Gasteiger partial charge on any atom is -0.356 e. The van der Waals surface area contributed by atoms with Crippen LogP contribution in [0.15, 0.2) is 95.8 Å². The van der Waals surface area contributed by atoms with E-state index in [1.807, 2.05) is 36.7 Å². The molecule has 0 saturated heterocycles. The van der Waals surface area contributed by atoms with Crippen molar-refractivity contribution in [3.63, 3.8) is 0 Å². The molecule has 7 rings (SSSR count). The molecule has 0 saturated carbocycles. The first-order chi connectivity index (χ1) is 16.4. The van der Waals surface area contributed by atoms with E-state index in [0.717, 1.165) is 54.0 Å². The smallest absolute Gasteiger partial charge is 0.167 e. The van der Waals surface area contributed by atoms with Crippen LogP contribution in [-0.4, -0.2) is 14.5 Å². The monoisotopic (exact) mass is 461 g/mol. The Morgan fingerprint density at radius 3 is 2.36 bits per heavy atom. The molecule has 4 heterocycles. The molecule has 156 valence electrons. The highest BCUT2D eigenvalue weighted by molar-refractivity contribution is 7.22. The standard InChI is InChI=1S/C27H15N3OS2/c1-5-11-22-16(7-1)13-24(32-22)19-14-28-15-20(26-17-8-2-4-10-21(17)31-29-26)25(19)27-18-9-3-6-12-23(18)33-30-27/h1-15H. The highest BCUT2D eigenvalue weighted by Gasteiger charge is 2.23. The quantitative estimate of drug-likeness (QED) is 0.267. The van der Waals surface area contributed by atoms with E-state index >= 15 is 0 Å². The Balaban J connectivity index is 1.58. The predicted octanol–water partition coefficient (Wildman–Crippen LogP) is 8.05.